The van der Waals surface area contributed by atoms with Gasteiger partial charge in [-0.15, -0.1) is 0 Å². The van der Waals surface area contributed by atoms with Gasteiger partial charge in [0, 0.05) is 0 Å². The van der Waals surface area contributed by atoms with Crippen molar-refractivity contribution in [2.45, 2.75) is 19.3 Å². The Bertz CT molecular complexity index is 331. The van der Waals surface area contributed by atoms with E-state index in [1.165, 1.54) is 0 Å². The molecule has 1 heterocycles. The summed E-state index contributed by atoms with van der Waals surface area (Å²) >= 11 is 0. The minimum Gasteiger partial charge on any atom is -0.393 e. The maximum absolute atomic E-state index is 11.5. The van der Waals surface area contributed by atoms with Crippen LogP contribution in [-0.4, -0.2) is 11.9 Å². The van der Waals surface area contributed by atoms with Crippen molar-refractivity contribution in [1.82, 2.24) is 0 Å². The first kappa shape index (κ1) is 7.30. The van der Waals surface area contributed by atoms with Gasteiger partial charge in [-0.2, -0.15) is 0 Å². The number of hydrogen-bond donors (Lipinski definition) is 0. The average molecular weight is 178 g/mol. The van der Waals surface area contributed by atoms with Crippen molar-refractivity contribution < 1.29 is 14.3 Å². The summed E-state index contributed by atoms with van der Waals surface area (Å²) in [6.07, 6.45) is 6.39. The largest absolute Gasteiger partial charge is 0.393 e. The normalized spacial score (nSPS) is 46.5. The van der Waals surface area contributed by atoms with E-state index in [2.05, 4.69) is 16.9 Å². The fourth-order valence-corrected chi connectivity index (χ4v) is 2.96. The maximum Gasteiger partial charge on any atom is 0.320 e. The van der Waals surface area contributed by atoms with Crippen molar-refractivity contribution >= 4 is 11.9 Å². The first-order valence-corrected chi connectivity index (χ1v) is 4.64. The van der Waals surface area contributed by atoms with Gasteiger partial charge in [0.25, 0.3) is 0 Å². The van der Waals surface area contributed by atoms with Crippen LogP contribution in [0.2, 0.25) is 0 Å². The number of esters is 2. The lowest BCUT2D eigenvalue weighted by Crippen LogP contribution is -2.30. The van der Waals surface area contributed by atoms with Gasteiger partial charge in [-0.1, -0.05) is 12.2 Å². The molecule has 1 saturated carbocycles. The van der Waals surface area contributed by atoms with Crippen LogP contribution >= 0.6 is 0 Å². The highest BCUT2D eigenvalue weighted by atomic mass is 16.6. The fraction of sp³-hybridized carbons (Fsp3) is 0.600. The Balaban J connectivity index is 2.03. The number of hydrogen-bond acceptors (Lipinski definition) is 3. The fourth-order valence-electron chi connectivity index (χ4n) is 2.96. The van der Waals surface area contributed by atoms with Gasteiger partial charge in [-0.05, 0) is 24.7 Å². The Morgan fingerprint density at radius 3 is 2.69 bits per heavy atom. The lowest BCUT2D eigenvalue weighted by molar-refractivity contribution is -0.155. The SMILES string of the molecule is O=C1CC2(C[C@H]3C=CC2C3)C(=O)O1. The van der Waals surface area contributed by atoms with E-state index in [0.29, 0.717) is 12.3 Å². The molecule has 2 bridgehead atoms. The molecular weight excluding hydrogens is 168 g/mol. The summed E-state index contributed by atoms with van der Waals surface area (Å²) in [4.78, 5) is 22.5. The molecule has 3 rings (SSSR count). The summed E-state index contributed by atoms with van der Waals surface area (Å²) in [5, 5.41) is 0. The number of ether oxygens (including phenoxy) is 1. The van der Waals surface area contributed by atoms with Gasteiger partial charge in [-0.25, -0.2) is 0 Å². The van der Waals surface area contributed by atoms with Crippen LogP contribution in [-0.2, 0) is 14.3 Å². The summed E-state index contributed by atoms with van der Waals surface area (Å²) < 4.78 is 4.64. The van der Waals surface area contributed by atoms with Gasteiger partial charge < -0.3 is 4.74 Å². The highest BCUT2D eigenvalue weighted by Gasteiger charge is 2.59. The Kier molecular flexibility index (Phi) is 1.14. The van der Waals surface area contributed by atoms with Gasteiger partial charge in [0.2, 0.25) is 0 Å². The molecule has 0 aromatic carbocycles. The van der Waals surface area contributed by atoms with Crippen LogP contribution in [0.25, 0.3) is 0 Å². The van der Waals surface area contributed by atoms with Crippen molar-refractivity contribution in [2.24, 2.45) is 17.3 Å². The second kappa shape index (κ2) is 2.03. The molecule has 0 aromatic rings. The second-order valence-electron chi connectivity index (χ2n) is 4.29. The van der Waals surface area contributed by atoms with E-state index in [1.54, 1.807) is 0 Å². The number of rotatable bonds is 0. The number of carbonyl (C=O) groups excluding carboxylic acids is 2. The van der Waals surface area contributed by atoms with Crippen molar-refractivity contribution in [3.8, 4) is 0 Å². The Hall–Kier alpha value is -1.12. The van der Waals surface area contributed by atoms with Crippen molar-refractivity contribution in [1.29, 1.82) is 0 Å². The minimum atomic E-state index is -0.462. The number of fused-ring (bicyclic) bond motifs is 3. The molecule has 68 valence electrons. The molecule has 3 aliphatic rings. The van der Waals surface area contributed by atoms with Crippen molar-refractivity contribution in [3.05, 3.63) is 12.2 Å². The molecule has 3 heteroatoms. The van der Waals surface area contributed by atoms with Gasteiger partial charge >= 0.3 is 11.9 Å². The summed E-state index contributed by atoms with van der Waals surface area (Å²) in [5.41, 5.74) is -0.462. The minimum absolute atomic E-state index is 0.261. The van der Waals surface area contributed by atoms with E-state index in [4.69, 9.17) is 0 Å². The van der Waals surface area contributed by atoms with E-state index < -0.39 is 5.41 Å². The maximum atomic E-state index is 11.5. The lowest BCUT2D eigenvalue weighted by atomic mass is 9.75. The van der Waals surface area contributed by atoms with E-state index >= 15 is 0 Å². The first-order chi connectivity index (χ1) is 6.21. The van der Waals surface area contributed by atoms with Crippen LogP contribution in [0.15, 0.2) is 12.2 Å². The van der Waals surface area contributed by atoms with Gasteiger partial charge in [0.1, 0.15) is 0 Å². The second-order valence-corrected chi connectivity index (χ2v) is 4.29. The Labute approximate surface area is 75.8 Å². The molecule has 1 saturated heterocycles. The average Bonchev–Trinajstić information content (AvgIpc) is 2.68. The molecule has 2 unspecified atom stereocenters. The molecule has 1 spiro atoms. The van der Waals surface area contributed by atoms with Crippen LogP contribution in [0, 0.1) is 17.3 Å². The molecule has 3 atom stereocenters. The monoisotopic (exact) mass is 178 g/mol. The summed E-state index contributed by atoms with van der Waals surface area (Å²) in [6.45, 7) is 0. The quantitative estimate of drug-likeness (QED) is 0.316. The third-order valence-electron chi connectivity index (χ3n) is 3.58. The molecule has 0 N–H and O–H groups in total. The van der Waals surface area contributed by atoms with E-state index in [9.17, 15) is 9.59 Å². The van der Waals surface area contributed by atoms with E-state index in [1.807, 2.05) is 0 Å². The smallest absolute Gasteiger partial charge is 0.320 e. The Morgan fingerprint density at radius 1 is 1.38 bits per heavy atom. The summed E-state index contributed by atoms with van der Waals surface area (Å²) in [5.74, 6) is 0.139. The zero-order valence-corrected chi connectivity index (χ0v) is 7.16. The lowest BCUT2D eigenvalue weighted by Gasteiger charge is -2.24. The van der Waals surface area contributed by atoms with E-state index in [-0.39, 0.29) is 17.9 Å². The number of cyclic esters (lactones) is 2. The van der Waals surface area contributed by atoms with Crippen LogP contribution in [0.4, 0.5) is 0 Å². The molecule has 0 aromatic heterocycles. The van der Waals surface area contributed by atoms with Gasteiger partial charge in [0.05, 0.1) is 11.8 Å². The van der Waals surface area contributed by atoms with Crippen LogP contribution in [0.5, 0.6) is 0 Å². The third kappa shape index (κ3) is 0.747. The predicted molar refractivity (Wildman–Crippen MR) is 43.5 cm³/mol. The molecule has 3 nitrogen and oxygen atoms in total. The van der Waals surface area contributed by atoms with Gasteiger partial charge in [-0.3, -0.25) is 9.59 Å². The van der Waals surface area contributed by atoms with Crippen LogP contribution < -0.4 is 0 Å². The van der Waals surface area contributed by atoms with E-state index in [0.717, 1.165) is 12.8 Å². The number of allylic oxidation sites excluding steroid dienone is 2. The molecule has 1 aliphatic heterocycles. The predicted octanol–water partition coefficient (Wildman–Crippen LogP) is 1.04. The molecule has 13 heavy (non-hydrogen) atoms. The standard InChI is InChI=1S/C10H10O3/c11-8-5-10(9(12)13-8)4-6-1-2-7(10)3-6/h1-2,6-7H,3-5H2/t6-,7?,10?/m0/s1. The van der Waals surface area contributed by atoms with Crippen molar-refractivity contribution in [2.75, 3.05) is 0 Å². The third-order valence-corrected chi connectivity index (χ3v) is 3.58. The zero-order valence-electron chi connectivity index (χ0n) is 7.16. The molecular formula is C10H10O3. The highest BCUT2D eigenvalue weighted by Crippen LogP contribution is 2.56. The highest BCUT2D eigenvalue weighted by molar-refractivity contribution is 5.98. The summed E-state index contributed by atoms with van der Waals surface area (Å²) in [7, 11) is 0. The summed E-state index contributed by atoms with van der Waals surface area (Å²) in [6, 6.07) is 0. The first-order valence-electron chi connectivity index (χ1n) is 4.64. The molecule has 2 aliphatic carbocycles. The van der Waals surface area contributed by atoms with Crippen molar-refractivity contribution in [3.63, 3.8) is 0 Å². The van der Waals surface area contributed by atoms with Crippen LogP contribution in [0.3, 0.4) is 0 Å². The van der Waals surface area contributed by atoms with Crippen LogP contribution in [0.1, 0.15) is 19.3 Å². The molecule has 0 radical (unpaired) electrons. The zero-order chi connectivity index (χ0) is 9.05. The number of carbonyl (C=O) groups is 2. The Morgan fingerprint density at radius 2 is 2.23 bits per heavy atom. The topological polar surface area (TPSA) is 43.4 Å². The molecule has 0 amide bonds. The molecule has 2 fully saturated rings. The van der Waals surface area contributed by atoms with Gasteiger partial charge in [0.15, 0.2) is 0 Å².